The van der Waals surface area contributed by atoms with Crippen LogP contribution in [0.5, 0.6) is 0 Å². The minimum absolute atomic E-state index is 0.756. The summed E-state index contributed by atoms with van der Waals surface area (Å²) in [6.07, 6.45) is 1.74. The van der Waals surface area contributed by atoms with E-state index in [1.165, 1.54) is 0 Å². The molecule has 2 heterocycles. The number of benzene rings is 1. The van der Waals surface area contributed by atoms with Crippen molar-refractivity contribution in [2.75, 3.05) is 0 Å². The number of H-pyrrole nitrogens is 1. The standard InChI is InChI=1S/C14H12ClN3S/c1-9-10(15)6-7-16-13(9)8-19-14-17-11-4-2-3-5-12(11)18-14/h2-7H,8H2,1H3,(H,17,18). The van der Waals surface area contributed by atoms with Crippen LogP contribution in [0.1, 0.15) is 11.3 Å². The van der Waals surface area contributed by atoms with E-state index in [0.717, 1.165) is 38.2 Å². The van der Waals surface area contributed by atoms with Gasteiger partial charge in [-0.1, -0.05) is 35.5 Å². The first-order chi connectivity index (χ1) is 9.24. The summed E-state index contributed by atoms with van der Waals surface area (Å²) >= 11 is 7.72. The first-order valence-corrected chi connectivity index (χ1v) is 7.28. The first kappa shape index (κ1) is 12.5. The van der Waals surface area contributed by atoms with E-state index in [0.29, 0.717) is 0 Å². The van der Waals surface area contributed by atoms with Gasteiger partial charge < -0.3 is 4.98 Å². The summed E-state index contributed by atoms with van der Waals surface area (Å²) in [5.74, 6) is 0.756. The molecular formula is C14H12ClN3S. The van der Waals surface area contributed by atoms with E-state index in [1.54, 1.807) is 18.0 Å². The molecule has 0 fully saturated rings. The highest BCUT2D eigenvalue weighted by Gasteiger charge is 2.07. The van der Waals surface area contributed by atoms with Crippen LogP contribution in [0, 0.1) is 6.92 Å². The molecule has 0 bridgehead atoms. The van der Waals surface area contributed by atoms with Gasteiger partial charge in [0.15, 0.2) is 5.16 Å². The normalized spacial score (nSPS) is 11.1. The van der Waals surface area contributed by atoms with Gasteiger partial charge in [0, 0.05) is 17.0 Å². The second-order valence-electron chi connectivity index (χ2n) is 4.21. The monoisotopic (exact) mass is 289 g/mol. The zero-order chi connectivity index (χ0) is 13.2. The average molecular weight is 290 g/mol. The SMILES string of the molecule is Cc1c(Cl)ccnc1CSc1nc2ccccc2[nH]1. The molecule has 0 aliphatic carbocycles. The number of fused-ring (bicyclic) bond motifs is 1. The van der Waals surface area contributed by atoms with Crippen molar-refractivity contribution in [2.24, 2.45) is 0 Å². The van der Waals surface area contributed by atoms with Crippen molar-refractivity contribution in [3.8, 4) is 0 Å². The summed E-state index contributed by atoms with van der Waals surface area (Å²) in [6, 6.07) is 9.82. The largest absolute Gasteiger partial charge is 0.333 e. The summed E-state index contributed by atoms with van der Waals surface area (Å²) in [4.78, 5) is 12.2. The number of nitrogens with zero attached hydrogens (tertiary/aromatic N) is 2. The maximum Gasteiger partial charge on any atom is 0.166 e. The number of thioether (sulfide) groups is 1. The number of aromatic nitrogens is 3. The van der Waals surface area contributed by atoms with E-state index in [4.69, 9.17) is 11.6 Å². The van der Waals surface area contributed by atoms with Gasteiger partial charge >= 0.3 is 0 Å². The summed E-state index contributed by atoms with van der Waals surface area (Å²) < 4.78 is 0. The fourth-order valence-corrected chi connectivity index (χ4v) is 2.91. The fraction of sp³-hybridized carbons (Fsp3) is 0.143. The Hall–Kier alpha value is -1.52. The summed E-state index contributed by atoms with van der Waals surface area (Å²) in [7, 11) is 0. The molecule has 0 saturated carbocycles. The molecule has 0 aliphatic rings. The van der Waals surface area contributed by atoms with Crippen molar-refractivity contribution >= 4 is 34.4 Å². The van der Waals surface area contributed by atoms with Crippen LogP contribution in [0.25, 0.3) is 11.0 Å². The summed E-state index contributed by atoms with van der Waals surface area (Å²) in [5.41, 5.74) is 4.08. The van der Waals surface area contributed by atoms with E-state index in [9.17, 15) is 0 Å². The number of halogens is 1. The predicted molar refractivity (Wildman–Crippen MR) is 79.6 cm³/mol. The molecule has 1 aromatic carbocycles. The highest BCUT2D eigenvalue weighted by molar-refractivity contribution is 7.98. The molecule has 19 heavy (non-hydrogen) atoms. The molecule has 5 heteroatoms. The van der Waals surface area contributed by atoms with Crippen molar-refractivity contribution < 1.29 is 0 Å². The van der Waals surface area contributed by atoms with Crippen LogP contribution in [-0.2, 0) is 5.75 Å². The second-order valence-corrected chi connectivity index (χ2v) is 5.58. The van der Waals surface area contributed by atoms with Gasteiger partial charge in [-0.3, -0.25) is 4.98 Å². The smallest absolute Gasteiger partial charge is 0.166 e. The van der Waals surface area contributed by atoms with E-state index in [1.807, 2.05) is 37.3 Å². The number of nitrogens with one attached hydrogen (secondary N) is 1. The van der Waals surface area contributed by atoms with Crippen LogP contribution in [0.15, 0.2) is 41.7 Å². The molecule has 0 unspecified atom stereocenters. The van der Waals surface area contributed by atoms with Crippen molar-refractivity contribution in [3.63, 3.8) is 0 Å². The molecule has 3 aromatic rings. The fourth-order valence-electron chi connectivity index (χ4n) is 1.83. The molecule has 0 atom stereocenters. The maximum absolute atomic E-state index is 6.09. The molecule has 0 saturated heterocycles. The second kappa shape index (κ2) is 5.23. The number of hydrogen-bond donors (Lipinski definition) is 1. The highest BCUT2D eigenvalue weighted by Crippen LogP contribution is 2.25. The highest BCUT2D eigenvalue weighted by atomic mass is 35.5. The number of para-hydroxylation sites is 2. The molecule has 3 nitrogen and oxygen atoms in total. The van der Waals surface area contributed by atoms with Crippen LogP contribution in [0.2, 0.25) is 5.02 Å². The Labute approximate surface area is 120 Å². The van der Waals surface area contributed by atoms with Gasteiger partial charge in [-0.2, -0.15) is 0 Å². The van der Waals surface area contributed by atoms with E-state index < -0.39 is 0 Å². The van der Waals surface area contributed by atoms with Crippen LogP contribution >= 0.6 is 23.4 Å². The lowest BCUT2D eigenvalue weighted by Gasteiger charge is -2.04. The van der Waals surface area contributed by atoms with Crippen molar-refractivity contribution in [2.45, 2.75) is 17.8 Å². The molecule has 1 N–H and O–H groups in total. The van der Waals surface area contributed by atoms with Crippen LogP contribution in [0.3, 0.4) is 0 Å². The van der Waals surface area contributed by atoms with Crippen molar-refractivity contribution in [1.82, 2.24) is 15.0 Å². The molecule has 0 amide bonds. The van der Waals surface area contributed by atoms with Gasteiger partial charge in [0.1, 0.15) is 0 Å². The van der Waals surface area contributed by atoms with Gasteiger partial charge in [-0.25, -0.2) is 4.98 Å². The van der Waals surface area contributed by atoms with Crippen LogP contribution < -0.4 is 0 Å². The molecular weight excluding hydrogens is 278 g/mol. The zero-order valence-corrected chi connectivity index (χ0v) is 11.9. The Kier molecular flexibility index (Phi) is 3.44. The Balaban J connectivity index is 1.80. The molecule has 96 valence electrons. The van der Waals surface area contributed by atoms with Crippen molar-refractivity contribution in [3.05, 3.63) is 52.8 Å². The van der Waals surface area contributed by atoms with Gasteiger partial charge in [0.2, 0.25) is 0 Å². The van der Waals surface area contributed by atoms with Gasteiger partial charge in [-0.15, -0.1) is 0 Å². The van der Waals surface area contributed by atoms with Crippen LogP contribution in [-0.4, -0.2) is 15.0 Å². The van der Waals surface area contributed by atoms with Gasteiger partial charge in [0.05, 0.1) is 16.7 Å². The van der Waals surface area contributed by atoms with Gasteiger partial charge in [-0.05, 0) is 30.7 Å². The number of aromatic amines is 1. The lowest BCUT2D eigenvalue weighted by molar-refractivity contribution is 1.06. The topological polar surface area (TPSA) is 41.6 Å². The van der Waals surface area contributed by atoms with Gasteiger partial charge in [0.25, 0.3) is 0 Å². The predicted octanol–water partition coefficient (Wildman–Crippen LogP) is 4.21. The quantitative estimate of drug-likeness (QED) is 0.734. The lowest BCUT2D eigenvalue weighted by atomic mass is 10.2. The minimum Gasteiger partial charge on any atom is -0.333 e. The minimum atomic E-state index is 0.756. The van der Waals surface area contributed by atoms with Crippen LogP contribution in [0.4, 0.5) is 0 Å². The summed E-state index contributed by atoms with van der Waals surface area (Å²) in [6.45, 7) is 1.99. The molecule has 0 radical (unpaired) electrons. The Morgan fingerprint density at radius 2 is 2.11 bits per heavy atom. The Morgan fingerprint density at radius 1 is 1.26 bits per heavy atom. The zero-order valence-electron chi connectivity index (χ0n) is 10.4. The summed E-state index contributed by atoms with van der Waals surface area (Å²) in [5, 5.41) is 1.66. The molecule has 3 rings (SSSR count). The third-order valence-corrected chi connectivity index (χ3v) is 4.25. The maximum atomic E-state index is 6.09. The Bertz CT molecular complexity index is 691. The number of rotatable bonds is 3. The van der Waals surface area contributed by atoms with E-state index in [-0.39, 0.29) is 0 Å². The first-order valence-electron chi connectivity index (χ1n) is 5.91. The third kappa shape index (κ3) is 2.60. The third-order valence-electron chi connectivity index (χ3n) is 2.96. The van der Waals surface area contributed by atoms with E-state index in [2.05, 4.69) is 15.0 Å². The number of pyridine rings is 1. The molecule has 0 spiro atoms. The molecule has 0 aliphatic heterocycles. The Morgan fingerprint density at radius 3 is 2.95 bits per heavy atom. The lowest BCUT2D eigenvalue weighted by Crippen LogP contribution is -1.92. The number of hydrogen-bond acceptors (Lipinski definition) is 3. The average Bonchev–Trinajstić information content (AvgIpc) is 2.83. The van der Waals surface area contributed by atoms with E-state index >= 15 is 0 Å². The van der Waals surface area contributed by atoms with Crippen molar-refractivity contribution in [1.29, 1.82) is 0 Å². The molecule has 2 aromatic heterocycles. The number of imidazole rings is 1.